The van der Waals surface area contributed by atoms with Crippen molar-refractivity contribution in [1.82, 2.24) is 9.55 Å². The molecule has 0 radical (unpaired) electrons. The van der Waals surface area contributed by atoms with Crippen LogP contribution in [-0.4, -0.2) is 29.2 Å². The van der Waals surface area contributed by atoms with Crippen LogP contribution in [0.4, 0.5) is 5.95 Å². The predicted molar refractivity (Wildman–Crippen MR) is 61.8 cm³/mol. The molecule has 1 saturated heterocycles. The van der Waals surface area contributed by atoms with E-state index in [1.165, 1.54) is 0 Å². The molecule has 0 saturated carbocycles. The molecule has 4 nitrogen and oxygen atoms in total. The Hall–Kier alpha value is -1.03. The van der Waals surface area contributed by atoms with Gasteiger partial charge in [-0.15, -0.1) is 0 Å². The van der Waals surface area contributed by atoms with Crippen LogP contribution in [0.1, 0.15) is 19.8 Å². The largest absolute Gasteiger partial charge is 0.342 e. The van der Waals surface area contributed by atoms with Gasteiger partial charge in [0, 0.05) is 32.5 Å². The molecule has 0 atom stereocenters. The fourth-order valence-corrected chi connectivity index (χ4v) is 2.11. The minimum absolute atomic E-state index is 0.335. The van der Waals surface area contributed by atoms with E-state index < -0.39 is 0 Å². The third kappa shape index (κ3) is 2.00. The van der Waals surface area contributed by atoms with Gasteiger partial charge < -0.3 is 15.2 Å². The van der Waals surface area contributed by atoms with Gasteiger partial charge in [0.1, 0.15) is 0 Å². The van der Waals surface area contributed by atoms with E-state index in [0.717, 1.165) is 38.4 Å². The Balaban J connectivity index is 2.03. The maximum absolute atomic E-state index is 5.79. The summed E-state index contributed by atoms with van der Waals surface area (Å²) in [4.78, 5) is 6.72. The van der Waals surface area contributed by atoms with Gasteiger partial charge >= 0.3 is 0 Å². The number of hydrogen-bond acceptors (Lipinski definition) is 3. The van der Waals surface area contributed by atoms with Crippen molar-refractivity contribution in [2.24, 2.45) is 18.2 Å². The van der Waals surface area contributed by atoms with Gasteiger partial charge in [-0.3, -0.25) is 0 Å². The average molecular weight is 208 g/mol. The van der Waals surface area contributed by atoms with Crippen molar-refractivity contribution in [3.8, 4) is 0 Å². The first-order chi connectivity index (χ1) is 7.14. The van der Waals surface area contributed by atoms with Crippen LogP contribution in [0.2, 0.25) is 0 Å². The Bertz CT molecular complexity index is 323. The minimum atomic E-state index is 0.335. The summed E-state index contributed by atoms with van der Waals surface area (Å²) in [6.07, 6.45) is 6.17. The van der Waals surface area contributed by atoms with Gasteiger partial charge in [-0.25, -0.2) is 4.98 Å². The van der Waals surface area contributed by atoms with Crippen LogP contribution in [0, 0.1) is 5.41 Å². The second kappa shape index (κ2) is 3.85. The van der Waals surface area contributed by atoms with Crippen molar-refractivity contribution in [3.05, 3.63) is 12.4 Å². The Morgan fingerprint density at radius 3 is 2.60 bits per heavy atom. The molecule has 84 valence electrons. The SMILES string of the molecule is Cn1ccnc1N1CCC(C)(CN)CC1. The first-order valence-electron chi connectivity index (χ1n) is 5.57. The number of rotatable bonds is 2. The van der Waals surface area contributed by atoms with E-state index in [2.05, 4.69) is 21.4 Å². The number of aryl methyl sites for hydroxylation is 1. The Morgan fingerprint density at radius 1 is 1.47 bits per heavy atom. The van der Waals surface area contributed by atoms with Crippen LogP contribution < -0.4 is 10.6 Å². The molecule has 0 bridgehead atoms. The number of aromatic nitrogens is 2. The van der Waals surface area contributed by atoms with Gasteiger partial charge in [-0.1, -0.05) is 6.92 Å². The predicted octanol–water partition coefficient (Wildman–Crippen LogP) is 0.985. The van der Waals surface area contributed by atoms with Gasteiger partial charge in [0.05, 0.1) is 0 Å². The molecule has 2 heterocycles. The average Bonchev–Trinajstić information content (AvgIpc) is 2.66. The normalized spacial score (nSPS) is 20.6. The smallest absolute Gasteiger partial charge is 0.205 e. The summed E-state index contributed by atoms with van der Waals surface area (Å²) in [6.45, 7) is 5.21. The highest BCUT2D eigenvalue weighted by Gasteiger charge is 2.29. The molecule has 15 heavy (non-hydrogen) atoms. The van der Waals surface area contributed by atoms with Crippen LogP contribution in [0.3, 0.4) is 0 Å². The van der Waals surface area contributed by atoms with Crippen molar-refractivity contribution < 1.29 is 0 Å². The van der Waals surface area contributed by atoms with E-state index in [0.29, 0.717) is 5.41 Å². The van der Waals surface area contributed by atoms with Crippen molar-refractivity contribution in [3.63, 3.8) is 0 Å². The van der Waals surface area contributed by atoms with Gasteiger partial charge in [0.2, 0.25) is 5.95 Å². The molecule has 1 aliphatic rings. The number of nitrogens with zero attached hydrogens (tertiary/aromatic N) is 3. The molecular weight excluding hydrogens is 188 g/mol. The standard InChI is InChI=1S/C11H20N4/c1-11(9-12)3-6-15(7-4-11)10-13-5-8-14(10)2/h5,8H,3-4,6-7,9,12H2,1-2H3. The fraction of sp³-hybridized carbons (Fsp3) is 0.727. The molecule has 1 fully saturated rings. The second-order valence-electron chi connectivity index (χ2n) is 4.84. The van der Waals surface area contributed by atoms with Crippen molar-refractivity contribution in [2.75, 3.05) is 24.5 Å². The highest BCUT2D eigenvalue weighted by Crippen LogP contribution is 2.30. The van der Waals surface area contributed by atoms with Crippen molar-refractivity contribution in [2.45, 2.75) is 19.8 Å². The highest BCUT2D eigenvalue weighted by atomic mass is 15.3. The summed E-state index contributed by atoms with van der Waals surface area (Å²) < 4.78 is 2.07. The zero-order chi connectivity index (χ0) is 10.9. The number of piperidine rings is 1. The monoisotopic (exact) mass is 208 g/mol. The van der Waals surface area contributed by atoms with Crippen LogP contribution in [-0.2, 0) is 7.05 Å². The first-order valence-corrected chi connectivity index (χ1v) is 5.57. The Labute approximate surface area is 91.1 Å². The quantitative estimate of drug-likeness (QED) is 0.788. The van der Waals surface area contributed by atoms with Crippen LogP contribution in [0.5, 0.6) is 0 Å². The molecule has 0 amide bonds. The molecular formula is C11H20N4. The van der Waals surface area contributed by atoms with Gasteiger partial charge in [-0.2, -0.15) is 0 Å². The summed E-state index contributed by atoms with van der Waals surface area (Å²) in [7, 11) is 2.04. The van der Waals surface area contributed by atoms with E-state index in [9.17, 15) is 0 Å². The molecule has 0 aliphatic carbocycles. The van der Waals surface area contributed by atoms with Gasteiger partial charge in [0.25, 0.3) is 0 Å². The van der Waals surface area contributed by atoms with Gasteiger partial charge in [-0.05, 0) is 24.8 Å². The number of hydrogen-bond donors (Lipinski definition) is 1. The van der Waals surface area contributed by atoms with E-state index in [-0.39, 0.29) is 0 Å². The van der Waals surface area contributed by atoms with Crippen LogP contribution in [0.25, 0.3) is 0 Å². The lowest BCUT2D eigenvalue weighted by atomic mass is 9.81. The molecule has 2 rings (SSSR count). The van der Waals surface area contributed by atoms with Gasteiger partial charge in [0.15, 0.2) is 0 Å². The highest BCUT2D eigenvalue weighted by molar-refractivity contribution is 5.31. The Kier molecular flexibility index (Phi) is 2.69. The third-order valence-corrected chi connectivity index (χ3v) is 3.54. The lowest BCUT2D eigenvalue weighted by Gasteiger charge is -2.39. The number of imidazole rings is 1. The van der Waals surface area contributed by atoms with Crippen LogP contribution >= 0.6 is 0 Å². The molecule has 0 spiro atoms. The van der Waals surface area contributed by atoms with E-state index >= 15 is 0 Å². The summed E-state index contributed by atoms with van der Waals surface area (Å²) in [5.74, 6) is 1.08. The lowest BCUT2D eigenvalue weighted by molar-refractivity contribution is 0.256. The van der Waals surface area contributed by atoms with E-state index in [1.807, 2.05) is 19.4 Å². The van der Waals surface area contributed by atoms with E-state index in [4.69, 9.17) is 5.73 Å². The molecule has 4 heteroatoms. The number of nitrogens with two attached hydrogens (primary N) is 1. The topological polar surface area (TPSA) is 47.1 Å². The third-order valence-electron chi connectivity index (χ3n) is 3.54. The molecule has 2 N–H and O–H groups in total. The first kappa shape index (κ1) is 10.5. The zero-order valence-corrected chi connectivity index (χ0v) is 9.61. The summed E-state index contributed by atoms with van der Waals surface area (Å²) in [5.41, 5.74) is 6.13. The molecule has 1 aliphatic heterocycles. The van der Waals surface area contributed by atoms with Crippen LogP contribution in [0.15, 0.2) is 12.4 Å². The minimum Gasteiger partial charge on any atom is -0.342 e. The Morgan fingerprint density at radius 2 is 2.13 bits per heavy atom. The summed E-state index contributed by atoms with van der Waals surface area (Å²) in [6, 6.07) is 0. The molecule has 0 unspecified atom stereocenters. The molecule has 1 aromatic heterocycles. The summed E-state index contributed by atoms with van der Waals surface area (Å²) >= 11 is 0. The second-order valence-corrected chi connectivity index (χ2v) is 4.84. The molecule has 0 aromatic carbocycles. The van der Waals surface area contributed by atoms with E-state index in [1.54, 1.807) is 0 Å². The maximum atomic E-state index is 5.79. The molecule has 1 aromatic rings. The van der Waals surface area contributed by atoms with Crippen molar-refractivity contribution in [1.29, 1.82) is 0 Å². The zero-order valence-electron chi connectivity index (χ0n) is 9.61. The fourth-order valence-electron chi connectivity index (χ4n) is 2.11. The maximum Gasteiger partial charge on any atom is 0.205 e. The number of anilines is 1. The summed E-state index contributed by atoms with van der Waals surface area (Å²) in [5, 5.41) is 0. The lowest BCUT2D eigenvalue weighted by Crippen LogP contribution is -2.43. The van der Waals surface area contributed by atoms with Crippen molar-refractivity contribution >= 4 is 5.95 Å².